The van der Waals surface area contributed by atoms with Crippen LogP contribution in [0.2, 0.25) is 0 Å². The van der Waals surface area contributed by atoms with Gasteiger partial charge in [0.2, 0.25) is 0 Å². The summed E-state index contributed by atoms with van der Waals surface area (Å²) in [5, 5.41) is 0. The molecule has 0 N–H and O–H groups in total. The lowest BCUT2D eigenvalue weighted by Crippen LogP contribution is -2.10. The highest BCUT2D eigenvalue weighted by Gasteiger charge is 2.17. The molecule has 20 heavy (non-hydrogen) atoms. The first-order chi connectivity index (χ1) is 9.19. The van der Waals surface area contributed by atoms with E-state index in [4.69, 9.17) is 10.7 Å². The van der Waals surface area contributed by atoms with E-state index < -0.39 is 9.05 Å². The molecule has 0 aliphatic heterocycles. The third-order valence-electron chi connectivity index (χ3n) is 3.21. The van der Waals surface area contributed by atoms with Crippen LogP contribution >= 0.6 is 10.7 Å². The van der Waals surface area contributed by atoms with Crippen LogP contribution in [0.1, 0.15) is 26.3 Å². The molecule has 0 aliphatic carbocycles. The van der Waals surface area contributed by atoms with E-state index in [9.17, 15) is 8.42 Å². The second-order valence-corrected chi connectivity index (χ2v) is 8.30. The fourth-order valence-corrected chi connectivity index (χ4v) is 3.16. The number of halogens is 1. The van der Waals surface area contributed by atoms with Crippen LogP contribution in [0.4, 0.5) is 0 Å². The lowest BCUT2D eigenvalue weighted by atomic mass is 9.86. The highest BCUT2D eigenvalue weighted by Crippen LogP contribution is 2.31. The molecule has 0 saturated carbocycles. The van der Waals surface area contributed by atoms with E-state index in [2.05, 4.69) is 20.8 Å². The Labute approximate surface area is 124 Å². The average molecular weight is 309 g/mol. The standard InChI is InChI=1S/C16H17ClO2S/c1-16(2,3)13-10-8-12(9-11-13)14-6-4-5-7-15(14)20(17,18)19/h4-11H,1-3H3. The Balaban J connectivity index is 2.54. The molecule has 0 aliphatic rings. The van der Waals surface area contributed by atoms with Gasteiger partial charge in [-0.05, 0) is 22.6 Å². The van der Waals surface area contributed by atoms with Gasteiger partial charge in [-0.1, -0.05) is 63.2 Å². The van der Waals surface area contributed by atoms with Crippen molar-refractivity contribution in [1.29, 1.82) is 0 Å². The predicted octanol–water partition coefficient (Wildman–Crippen LogP) is 4.58. The summed E-state index contributed by atoms with van der Waals surface area (Å²) >= 11 is 0. The maximum absolute atomic E-state index is 11.6. The van der Waals surface area contributed by atoms with Gasteiger partial charge in [0.1, 0.15) is 0 Å². The van der Waals surface area contributed by atoms with Gasteiger partial charge in [-0.25, -0.2) is 8.42 Å². The van der Waals surface area contributed by atoms with E-state index in [1.54, 1.807) is 18.2 Å². The van der Waals surface area contributed by atoms with E-state index in [0.29, 0.717) is 5.56 Å². The Morgan fingerprint density at radius 2 is 1.45 bits per heavy atom. The summed E-state index contributed by atoms with van der Waals surface area (Å²) in [6, 6.07) is 14.7. The van der Waals surface area contributed by atoms with Gasteiger partial charge in [-0.3, -0.25) is 0 Å². The summed E-state index contributed by atoms with van der Waals surface area (Å²) in [5.41, 5.74) is 2.74. The van der Waals surface area contributed by atoms with E-state index in [1.165, 1.54) is 11.6 Å². The molecule has 0 bridgehead atoms. The first-order valence-electron chi connectivity index (χ1n) is 6.34. The van der Waals surface area contributed by atoms with Crippen LogP contribution in [-0.2, 0) is 14.5 Å². The average Bonchev–Trinajstić information content (AvgIpc) is 2.37. The van der Waals surface area contributed by atoms with Crippen LogP contribution in [0.15, 0.2) is 53.4 Å². The maximum atomic E-state index is 11.6. The zero-order chi connectivity index (χ0) is 15.0. The molecule has 0 heterocycles. The molecule has 4 heteroatoms. The van der Waals surface area contributed by atoms with Crippen molar-refractivity contribution in [2.45, 2.75) is 31.1 Å². The Kier molecular flexibility index (Phi) is 3.94. The number of benzene rings is 2. The number of hydrogen-bond acceptors (Lipinski definition) is 2. The van der Waals surface area contributed by atoms with Gasteiger partial charge in [-0.2, -0.15) is 0 Å². The second kappa shape index (κ2) is 5.23. The normalized spacial score (nSPS) is 12.4. The van der Waals surface area contributed by atoms with Gasteiger partial charge in [0.25, 0.3) is 9.05 Å². The fraction of sp³-hybridized carbons (Fsp3) is 0.250. The van der Waals surface area contributed by atoms with Crippen molar-refractivity contribution in [2.24, 2.45) is 0 Å². The minimum Gasteiger partial charge on any atom is -0.207 e. The monoisotopic (exact) mass is 308 g/mol. The van der Waals surface area contributed by atoms with Crippen LogP contribution in [0.3, 0.4) is 0 Å². The quantitative estimate of drug-likeness (QED) is 0.761. The maximum Gasteiger partial charge on any atom is 0.261 e. The molecule has 0 atom stereocenters. The molecule has 0 fully saturated rings. The summed E-state index contributed by atoms with van der Waals surface area (Å²) in [7, 11) is 1.74. The zero-order valence-corrected chi connectivity index (χ0v) is 13.3. The molecule has 0 amide bonds. The predicted molar refractivity (Wildman–Crippen MR) is 83.6 cm³/mol. The Morgan fingerprint density at radius 3 is 1.95 bits per heavy atom. The Hall–Kier alpha value is -1.32. The first kappa shape index (κ1) is 15.1. The first-order valence-corrected chi connectivity index (χ1v) is 8.65. The van der Waals surface area contributed by atoms with Gasteiger partial charge in [-0.15, -0.1) is 0 Å². The van der Waals surface area contributed by atoms with Crippen LogP contribution in [0.5, 0.6) is 0 Å². The summed E-state index contributed by atoms with van der Waals surface area (Å²) in [6.07, 6.45) is 0. The molecule has 0 aromatic heterocycles. The van der Waals surface area contributed by atoms with Gasteiger partial charge in [0.05, 0.1) is 4.90 Å². The summed E-state index contributed by atoms with van der Waals surface area (Å²) in [5.74, 6) is 0. The Morgan fingerprint density at radius 1 is 0.900 bits per heavy atom. The summed E-state index contributed by atoms with van der Waals surface area (Å²) < 4.78 is 23.2. The third kappa shape index (κ3) is 3.22. The highest BCUT2D eigenvalue weighted by atomic mass is 35.7. The van der Waals surface area contributed by atoms with Gasteiger partial charge in [0.15, 0.2) is 0 Å². The molecular formula is C16H17ClO2S. The molecular weight excluding hydrogens is 292 g/mol. The third-order valence-corrected chi connectivity index (χ3v) is 4.59. The molecule has 2 rings (SSSR count). The molecule has 0 radical (unpaired) electrons. The number of hydrogen-bond donors (Lipinski definition) is 0. The van der Waals surface area contributed by atoms with Crippen molar-refractivity contribution in [1.82, 2.24) is 0 Å². The van der Waals surface area contributed by atoms with Crippen molar-refractivity contribution in [3.05, 3.63) is 54.1 Å². The van der Waals surface area contributed by atoms with Crippen LogP contribution < -0.4 is 0 Å². The van der Waals surface area contributed by atoms with Gasteiger partial charge >= 0.3 is 0 Å². The summed E-state index contributed by atoms with van der Waals surface area (Å²) in [4.78, 5) is 0.144. The van der Waals surface area contributed by atoms with Crippen molar-refractivity contribution in [2.75, 3.05) is 0 Å². The largest absolute Gasteiger partial charge is 0.261 e. The van der Waals surface area contributed by atoms with Crippen molar-refractivity contribution < 1.29 is 8.42 Å². The van der Waals surface area contributed by atoms with Crippen LogP contribution in [0, 0.1) is 0 Å². The minimum atomic E-state index is -3.75. The Bertz CT molecular complexity index is 711. The topological polar surface area (TPSA) is 34.1 Å². The molecule has 0 spiro atoms. The van der Waals surface area contributed by atoms with E-state index in [0.717, 1.165) is 5.56 Å². The van der Waals surface area contributed by atoms with Crippen molar-refractivity contribution >= 4 is 19.7 Å². The molecule has 106 valence electrons. The fourth-order valence-electron chi connectivity index (χ4n) is 2.07. The van der Waals surface area contributed by atoms with Crippen LogP contribution in [-0.4, -0.2) is 8.42 Å². The molecule has 0 unspecified atom stereocenters. The second-order valence-electron chi connectivity index (χ2n) is 5.76. The smallest absolute Gasteiger partial charge is 0.207 e. The van der Waals surface area contributed by atoms with E-state index >= 15 is 0 Å². The lowest BCUT2D eigenvalue weighted by Gasteiger charge is -2.19. The SMILES string of the molecule is CC(C)(C)c1ccc(-c2ccccc2S(=O)(=O)Cl)cc1. The molecule has 2 aromatic rings. The lowest BCUT2D eigenvalue weighted by molar-refractivity contribution is 0.590. The highest BCUT2D eigenvalue weighted by molar-refractivity contribution is 8.13. The zero-order valence-electron chi connectivity index (χ0n) is 11.7. The van der Waals surface area contributed by atoms with Crippen LogP contribution in [0.25, 0.3) is 11.1 Å². The molecule has 0 saturated heterocycles. The number of rotatable bonds is 2. The molecule has 2 aromatic carbocycles. The van der Waals surface area contributed by atoms with Crippen molar-refractivity contribution in [3.63, 3.8) is 0 Å². The van der Waals surface area contributed by atoms with E-state index in [1.807, 2.05) is 24.3 Å². The summed E-state index contributed by atoms with van der Waals surface area (Å²) in [6.45, 7) is 6.41. The van der Waals surface area contributed by atoms with Crippen molar-refractivity contribution in [3.8, 4) is 11.1 Å². The van der Waals surface area contributed by atoms with Gasteiger partial charge in [0, 0.05) is 16.2 Å². The minimum absolute atomic E-state index is 0.0661. The van der Waals surface area contributed by atoms with E-state index in [-0.39, 0.29) is 10.3 Å². The van der Waals surface area contributed by atoms with Gasteiger partial charge < -0.3 is 0 Å². The molecule has 2 nitrogen and oxygen atoms in total.